The van der Waals surface area contributed by atoms with Gasteiger partial charge < -0.3 is 5.73 Å². The van der Waals surface area contributed by atoms with Gasteiger partial charge in [0.05, 0.1) is 0 Å². The van der Waals surface area contributed by atoms with Crippen LogP contribution in [0.4, 0.5) is 0 Å². The largest absolute Gasteiger partial charge is 0.327 e. The molecular formula is C15H23N3. The SMILES string of the molecule is Cn1nccc1CCC(N)C1C2C3CCC(C3)C12. The molecule has 18 heavy (non-hydrogen) atoms. The van der Waals surface area contributed by atoms with Crippen LogP contribution in [-0.2, 0) is 13.5 Å². The third-order valence-corrected chi connectivity index (χ3v) is 5.95. The number of fused-ring (bicyclic) bond motifs is 5. The average Bonchev–Trinajstić information content (AvgIpc) is 2.69. The summed E-state index contributed by atoms with van der Waals surface area (Å²) in [5.41, 5.74) is 7.78. The molecule has 2 bridgehead atoms. The van der Waals surface area contributed by atoms with Crippen LogP contribution in [0.5, 0.6) is 0 Å². The van der Waals surface area contributed by atoms with Gasteiger partial charge in [-0.05, 0) is 67.8 Å². The fraction of sp³-hybridized carbons (Fsp3) is 0.800. The van der Waals surface area contributed by atoms with Crippen molar-refractivity contribution in [2.75, 3.05) is 0 Å². The van der Waals surface area contributed by atoms with Crippen LogP contribution in [0.1, 0.15) is 31.4 Å². The molecule has 0 aliphatic heterocycles. The van der Waals surface area contributed by atoms with Gasteiger partial charge in [0.1, 0.15) is 0 Å². The van der Waals surface area contributed by atoms with E-state index in [2.05, 4.69) is 11.2 Å². The summed E-state index contributed by atoms with van der Waals surface area (Å²) in [7, 11) is 2.02. The Bertz CT molecular complexity index is 436. The predicted octanol–water partition coefficient (Wildman–Crippen LogP) is 1.97. The molecule has 5 atom stereocenters. The van der Waals surface area contributed by atoms with Gasteiger partial charge in [0.25, 0.3) is 0 Å². The van der Waals surface area contributed by atoms with Crippen LogP contribution in [0.3, 0.4) is 0 Å². The van der Waals surface area contributed by atoms with Crippen LogP contribution in [-0.4, -0.2) is 15.8 Å². The standard InChI is InChI=1S/C15H23N3/c1-18-11(6-7-17-18)4-5-12(16)15-13-9-2-3-10(8-9)14(13)15/h6-7,9-10,12-15H,2-5,8,16H2,1H3. The third kappa shape index (κ3) is 1.49. The van der Waals surface area contributed by atoms with Crippen molar-refractivity contribution in [1.82, 2.24) is 9.78 Å². The molecule has 0 spiro atoms. The topological polar surface area (TPSA) is 43.8 Å². The molecule has 1 aromatic heterocycles. The molecule has 3 fully saturated rings. The monoisotopic (exact) mass is 245 g/mol. The minimum absolute atomic E-state index is 0.429. The van der Waals surface area contributed by atoms with Crippen molar-refractivity contribution in [3.05, 3.63) is 18.0 Å². The number of rotatable bonds is 4. The molecule has 4 rings (SSSR count). The van der Waals surface area contributed by atoms with E-state index < -0.39 is 0 Å². The third-order valence-electron chi connectivity index (χ3n) is 5.95. The maximum Gasteiger partial charge on any atom is 0.0492 e. The maximum absolute atomic E-state index is 6.46. The van der Waals surface area contributed by atoms with Crippen LogP contribution >= 0.6 is 0 Å². The van der Waals surface area contributed by atoms with E-state index in [1.54, 1.807) is 0 Å². The first kappa shape index (κ1) is 11.0. The molecular weight excluding hydrogens is 222 g/mol. The van der Waals surface area contributed by atoms with E-state index in [4.69, 9.17) is 5.73 Å². The highest BCUT2D eigenvalue weighted by molar-refractivity contribution is 5.15. The molecule has 1 heterocycles. The van der Waals surface area contributed by atoms with Gasteiger partial charge in [-0.3, -0.25) is 4.68 Å². The van der Waals surface area contributed by atoms with E-state index in [1.807, 2.05) is 17.9 Å². The molecule has 2 N–H and O–H groups in total. The summed E-state index contributed by atoms with van der Waals surface area (Å²) >= 11 is 0. The highest BCUT2D eigenvalue weighted by Gasteiger charge is 2.65. The van der Waals surface area contributed by atoms with Gasteiger partial charge in [-0.1, -0.05) is 0 Å². The summed E-state index contributed by atoms with van der Waals surface area (Å²) in [6.45, 7) is 0. The Labute approximate surface area is 109 Å². The zero-order valence-corrected chi connectivity index (χ0v) is 11.1. The number of hydrogen-bond donors (Lipinski definition) is 1. The van der Waals surface area contributed by atoms with Crippen LogP contribution in [0.15, 0.2) is 12.3 Å². The fourth-order valence-electron chi connectivity index (χ4n) is 5.12. The Morgan fingerprint density at radius 2 is 2.11 bits per heavy atom. The van der Waals surface area contributed by atoms with Crippen molar-refractivity contribution in [3.63, 3.8) is 0 Å². The molecule has 5 unspecified atom stereocenters. The lowest BCUT2D eigenvalue weighted by Gasteiger charge is -2.16. The van der Waals surface area contributed by atoms with Crippen molar-refractivity contribution in [1.29, 1.82) is 0 Å². The predicted molar refractivity (Wildman–Crippen MR) is 70.8 cm³/mol. The first-order chi connectivity index (χ1) is 8.75. The normalized spacial score (nSPS) is 42.0. The van der Waals surface area contributed by atoms with E-state index in [-0.39, 0.29) is 0 Å². The Hall–Kier alpha value is -0.830. The van der Waals surface area contributed by atoms with Crippen LogP contribution < -0.4 is 5.73 Å². The van der Waals surface area contributed by atoms with Gasteiger partial charge in [-0.25, -0.2) is 0 Å². The maximum atomic E-state index is 6.46. The fourth-order valence-corrected chi connectivity index (χ4v) is 5.12. The summed E-state index contributed by atoms with van der Waals surface area (Å²) in [6.07, 6.45) is 8.63. The van der Waals surface area contributed by atoms with Gasteiger partial charge in [0.2, 0.25) is 0 Å². The molecule has 0 amide bonds. The second-order valence-corrected chi connectivity index (χ2v) is 6.71. The lowest BCUT2D eigenvalue weighted by molar-refractivity contribution is 0.396. The van der Waals surface area contributed by atoms with Crippen LogP contribution in [0, 0.1) is 29.6 Å². The molecule has 0 aromatic carbocycles. The molecule has 1 aromatic rings. The number of aromatic nitrogens is 2. The van der Waals surface area contributed by atoms with Gasteiger partial charge in [0.15, 0.2) is 0 Å². The zero-order chi connectivity index (χ0) is 12.3. The molecule has 98 valence electrons. The lowest BCUT2D eigenvalue weighted by atomic mass is 9.95. The minimum Gasteiger partial charge on any atom is -0.327 e. The van der Waals surface area contributed by atoms with E-state index in [0.717, 1.165) is 42.4 Å². The highest BCUT2D eigenvalue weighted by atomic mass is 15.2. The summed E-state index contributed by atoms with van der Waals surface area (Å²) in [4.78, 5) is 0. The molecule has 0 radical (unpaired) electrons. The second kappa shape index (κ2) is 3.83. The molecule has 0 saturated heterocycles. The lowest BCUT2D eigenvalue weighted by Crippen LogP contribution is -2.27. The molecule has 3 aliphatic carbocycles. The van der Waals surface area contributed by atoms with Crippen LogP contribution in [0.2, 0.25) is 0 Å². The average molecular weight is 245 g/mol. The first-order valence-electron chi connectivity index (χ1n) is 7.48. The van der Waals surface area contributed by atoms with Gasteiger partial charge in [-0.15, -0.1) is 0 Å². The van der Waals surface area contributed by atoms with Crippen molar-refractivity contribution in [2.45, 2.75) is 38.1 Å². The smallest absolute Gasteiger partial charge is 0.0492 e. The van der Waals surface area contributed by atoms with Gasteiger partial charge >= 0.3 is 0 Å². The molecule has 3 aliphatic rings. The van der Waals surface area contributed by atoms with E-state index in [9.17, 15) is 0 Å². The van der Waals surface area contributed by atoms with E-state index in [0.29, 0.717) is 6.04 Å². The summed E-state index contributed by atoms with van der Waals surface area (Å²) in [5.74, 6) is 5.00. The highest BCUT2D eigenvalue weighted by Crippen LogP contribution is 2.70. The van der Waals surface area contributed by atoms with E-state index in [1.165, 1.54) is 25.0 Å². The van der Waals surface area contributed by atoms with Crippen LogP contribution in [0.25, 0.3) is 0 Å². The first-order valence-corrected chi connectivity index (χ1v) is 7.48. The molecule has 3 saturated carbocycles. The second-order valence-electron chi connectivity index (χ2n) is 6.71. The number of aryl methyl sites for hydroxylation is 2. The number of nitrogens with zero attached hydrogens (tertiary/aromatic N) is 2. The Morgan fingerprint density at radius 3 is 2.72 bits per heavy atom. The zero-order valence-electron chi connectivity index (χ0n) is 11.1. The number of hydrogen-bond acceptors (Lipinski definition) is 2. The molecule has 3 heteroatoms. The Kier molecular flexibility index (Phi) is 2.35. The van der Waals surface area contributed by atoms with Crippen molar-refractivity contribution >= 4 is 0 Å². The Morgan fingerprint density at radius 1 is 1.39 bits per heavy atom. The Balaban J connectivity index is 1.36. The van der Waals surface area contributed by atoms with Gasteiger partial charge in [0, 0.05) is 25.0 Å². The summed E-state index contributed by atoms with van der Waals surface area (Å²) in [5, 5.41) is 4.22. The summed E-state index contributed by atoms with van der Waals surface area (Å²) in [6, 6.07) is 2.54. The quantitative estimate of drug-likeness (QED) is 0.881. The van der Waals surface area contributed by atoms with Crippen molar-refractivity contribution in [2.24, 2.45) is 42.4 Å². The summed E-state index contributed by atoms with van der Waals surface area (Å²) < 4.78 is 1.98. The minimum atomic E-state index is 0.429. The number of nitrogens with two attached hydrogens (primary N) is 1. The molecule has 3 nitrogen and oxygen atoms in total. The van der Waals surface area contributed by atoms with Gasteiger partial charge in [-0.2, -0.15) is 5.10 Å². The van der Waals surface area contributed by atoms with E-state index >= 15 is 0 Å². The van der Waals surface area contributed by atoms with Crippen molar-refractivity contribution in [3.8, 4) is 0 Å². The van der Waals surface area contributed by atoms with Crippen molar-refractivity contribution < 1.29 is 0 Å².